The fourth-order valence-electron chi connectivity index (χ4n) is 2.51. The molecule has 1 aliphatic heterocycles. The molecule has 2 heterocycles. The van der Waals surface area contributed by atoms with Crippen LogP contribution >= 0.6 is 0 Å². The van der Waals surface area contributed by atoms with Crippen molar-refractivity contribution >= 4 is 0 Å². The molecule has 0 bridgehead atoms. The first-order valence-electron chi connectivity index (χ1n) is 8.49. The predicted molar refractivity (Wildman–Crippen MR) is 91.9 cm³/mol. The summed E-state index contributed by atoms with van der Waals surface area (Å²) in [6.45, 7) is 16.3. The topological polar surface area (TPSA) is 47.5 Å². The maximum absolute atomic E-state index is 5.96. The fraction of sp³-hybridized carbons (Fsp3) is 0.778. The SMILES string of the molecule is CC(C)(C)OCCN1CCC(Oc2cnc(C(C)(C)C)cn2)C1. The lowest BCUT2D eigenvalue weighted by atomic mass is 9.93. The molecule has 0 saturated carbocycles. The molecule has 2 rings (SSSR count). The van der Waals surface area contributed by atoms with Crippen molar-refractivity contribution in [2.75, 3.05) is 26.2 Å². The van der Waals surface area contributed by atoms with E-state index in [2.05, 4.69) is 56.4 Å². The molecule has 0 radical (unpaired) electrons. The van der Waals surface area contributed by atoms with Crippen LogP contribution in [0.3, 0.4) is 0 Å². The van der Waals surface area contributed by atoms with E-state index in [1.54, 1.807) is 6.20 Å². The zero-order chi connectivity index (χ0) is 17.1. The molecule has 0 aliphatic carbocycles. The van der Waals surface area contributed by atoms with Crippen molar-refractivity contribution in [2.45, 2.75) is 65.1 Å². The zero-order valence-electron chi connectivity index (χ0n) is 15.4. The van der Waals surface area contributed by atoms with Gasteiger partial charge < -0.3 is 9.47 Å². The van der Waals surface area contributed by atoms with Gasteiger partial charge in [-0.1, -0.05) is 20.8 Å². The molecule has 5 nitrogen and oxygen atoms in total. The number of hydrogen-bond acceptors (Lipinski definition) is 5. The first-order valence-corrected chi connectivity index (χ1v) is 8.49. The van der Waals surface area contributed by atoms with E-state index in [0.29, 0.717) is 5.88 Å². The van der Waals surface area contributed by atoms with Gasteiger partial charge in [-0.25, -0.2) is 4.98 Å². The summed E-state index contributed by atoms with van der Waals surface area (Å²) < 4.78 is 11.7. The van der Waals surface area contributed by atoms with Crippen LogP contribution in [0, 0.1) is 0 Å². The predicted octanol–water partition coefficient (Wildman–Crippen LogP) is 3.04. The third-order valence-electron chi connectivity index (χ3n) is 3.86. The van der Waals surface area contributed by atoms with E-state index in [-0.39, 0.29) is 17.1 Å². The first kappa shape index (κ1) is 18.1. The van der Waals surface area contributed by atoms with Crippen LogP contribution in [0.25, 0.3) is 0 Å². The number of likely N-dealkylation sites (tertiary alicyclic amines) is 1. The molecule has 0 aromatic carbocycles. The standard InChI is InChI=1S/C18H31N3O2/c1-17(2,3)15-11-20-16(12-19-15)23-14-7-8-21(13-14)9-10-22-18(4,5)6/h11-12,14H,7-10,13H2,1-6H3. The summed E-state index contributed by atoms with van der Waals surface area (Å²) in [5.41, 5.74) is 0.931. The highest BCUT2D eigenvalue weighted by Gasteiger charge is 2.25. The highest BCUT2D eigenvalue weighted by molar-refractivity contribution is 5.13. The van der Waals surface area contributed by atoms with Crippen molar-refractivity contribution in [3.05, 3.63) is 18.1 Å². The Morgan fingerprint density at radius 2 is 1.87 bits per heavy atom. The number of ether oxygens (including phenoxy) is 2. The Morgan fingerprint density at radius 1 is 1.13 bits per heavy atom. The molecular weight excluding hydrogens is 290 g/mol. The molecule has 0 N–H and O–H groups in total. The molecule has 0 spiro atoms. The maximum atomic E-state index is 5.96. The Morgan fingerprint density at radius 3 is 2.43 bits per heavy atom. The molecule has 1 aliphatic rings. The summed E-state index contributed by atoms with van der Waals surface area (Å²) in [4.78, 5) is 11.2. The fourth-order valence-corrected chi connectivity index (χ4v) is 2.51. The largest absolute Gasteiger partial charge is 0.472 e. The maximum Gasteiger partial charge on any atom is 0.232 e. The van der Waals surface area contributed by atoms with Gasteiger partial charge in [-0.15, -0.1) is 0 Å². The minimum atomic E-state index is -0.0694. The summed E-state index contributed by atoms with van der Waals surface area (Å²) >= 11 is 0. The van der Waals surface area contributed by atoms with Gasteiger partial charge >= 0.3 is 0 Å². The van der Waals surface area contributed by atoms with E-state index in [9.17, 15) is 0 Å². The smallest absolute Gasteiger partial charge is 0.232 e. The van der Waals surface area contributed by atoms with Gasteiger partial charge in [-0.3, -0.25) is 9.88 Å². The van der Waals surface area contributed by atoms with E-state index in [1.807, 2.05) is 6.20 Å². The van der Waals surface area contributed by atoms with Crippen molar-refractivity contribution in [2.24, 2.45) is 0 Å². The summed E-state index contributed by atoms with van der Waals surface area (Å²) in [6.07, 6.45) is 4.78. The Bertz CT molecular complexity index is 488. The molecule has 0 amide bonds. The van der Waals surface area contributed by atoms with Crippen LogP contribution in [0.5, 0.6) is 5.88 Å². The molecule has 1 aromatic heterocycles. The first-order chi connectivity index (χ1) is 10.6. The van der Waals surface area contributed by atoms with Gasteiger partial charge in [0.1, 0.15) is 6.10 Å². The number of hydrogen-bond donors (Lipinski definition) is 0. The van der Waals surface area contributed by atoms with Gasteiger partial charge in [0.2, 0.25) is 5.88 Å². The van der Waals surface area contributed by atoms with Gasteiger partial charge in [-0.2, -0.15) is 0 Å². The molecule has 1 fully saturated rings. The van der Waals surface area contributed by atoms with Crippen LogP contribution in [-0.2, 0) is 10.2 Å². The third kappa shape index (κ3) is 6.07. The molecule has 1 unspecified atom stereocenters. The van der Waals surface area contributed by atoms with Gasteiger partial charge in [0, 0.05) is 25.0 Å². The number of rotatable bonds is 5. The van der Waals surface area contributed by atoms with E-state index < -0.39 is 0 Å². The summed E-state index contributed by atoms with van der Waals surface area (Å²) in [5.74, 6) is 0.621. The number of aromatic nitrogens is 2. The third-order valence-corrected chi connectivity index (χ3v) is 3.86. The minimum Gasteiger partial charge on any atom is -0.472 e. The Hall–Kier alpha value is -1.20. The highest BCUT2D eigenvalue weighted by atomic mass is 16.5. The van der Waals surface area contributed by atoms with E-state index in [1.165, 1.54) is 0 Å². The molecular formula is C18H31N3O2. The monoisotopic (exact) mass is 321 g/mol. The second kappa shape index (κ2) is 7.14. The van der Waals surface area contributed by atoms with Crippen LogP contribution in [-0.4, -0.2) is 52.8 Å². The summed E-state index contributed by atoms with van der Waals surface area (Å²) in [5, 5.41) is 0. The summed E-state index contributed by atoms with van der Waals surface area (Å²) in [6, 6.07) is 0. The lowest BCUT2D eigenvalue weighted by molar-refractivity contribution is -0.0116. The molecule has 5 heteroatoms. The molecule has 130 valence electrons. The molecule has 1 atom stereocenters. The lowest BCUT2D eigenvalue weighted by Gasteiger charge is -2.22. The second-order valence-corrected chi connectivity index (χ2v) is 8.28. The summed E-state index contributed by atoms with van der Waals surface area (Å²) in [7, 11) is 0. The Labute approximate surface area is 140 Å². The van der Waals surface area contributed by atoms with Crippen molar-refractivity contribution in [3.63, 3.8) is 0 Å². The highest BCUT2D eigenvalue weighted by Crippen LogP contribution is 2.21. The van der Waals surface area contributed by atoms with Gasteiger partial charge in [0.25, 0.3) is 0 Å². The van der Waals surface area contributed by atoms with Crippen LogP contribution in [0.15, 0.2) is 12.4 Å². The van der Waals surface area contributed by atoms with Crippen LogP contribution in [0.1, 0.15) is 53.7 Å². The van der Waals surface area contributed by atoms with E-state index in [0.717, 1.165) is 38.4 Å². The zero-order valence-corrected chi connectivity index (χ0v) is 15.4. The Balaban J connectivity index is 1.77. The van der Waals surface area contributed by atoms with Crippen molar-refractivity contribution in [3.8, 4) is 5.88 Å². The molecule has 23 heavy (non-hydrogen) atoms. The van der Waals surface area contributed by atoms with E-state index >= 15 is 0 Å². The van der Waals surface area contributed by atoms with Gasteiger partial charge in [-0.05, 0) is 27.2 Å². The average molecular weight is 321 g/mol. The molecule has 1 aromatic rings. The second-order valence-electron chi connectivity index (χ2n) is 8.28. The van der Waals surface area contributed by atoms with Crippen LogP contribution in [0.2, 0.25) is 0 Å². The van der Waals surface area contributed by atoms with Crippen molar-refractivity contribution in [1.82, 2.24) is 14.9 Å². The minimum absolute atomic E-state index is 0.0166. The van der Waals surface area contributed by atoms with Gasteiger partial charge in [0.05, 0.1) is 30.3 Å². The van der Waals surface area contributed by atoms with Crippen LogP contribution < -0.4 is 4.74 Å². The average Bonchev–Trinajstić information content (AvgIpc) is 2.84. The van der Waals surface area contributed by atoms with Gasteiger partial charge in [0.15, 0.2) is 0 Å². The van der Waals surface area contributed by atoms with Crippen LogP contribution in [0.4, 0.5) is 0 Å². The lowest BCUT2D eigenvalue weighted by Crippen LogP contribution is -2.31. The molecule has 1 saturated heterocycles. The quantitative estimate of drug-likeness (QED) is 0.834. The Kier molecular flexibility index (Phi) is 5.63. The van der Waals surface area contributed by atoms with Crippen molar-refractivity contribution in [1.29, 1.82) is 0 Å². The van der Waals surface area contributed by atoms with E-state index in [4.69, 9.17) is 9.47 Å². The normalized spacial score (nSPS) is 20.0. The number of nitrogens with zero attached hydrogens (tertiary/aromatic N) is 3. The van der Waals surface area contributed by atoms with Crippen molar-refractivity contribution < 1.29 is 9.47 Å².